The summed E-state index contributed by atoms with van der Waals surface area (Å²) in [5.74, 6) is -0.559. The fourth-order valence-corrected chi connectivity index (χ4v) is 1.52. The van der Waals surface area contributed by atoms with Crippen molar-refractivity contribution in [3.8, 4) is 0 Å². The van der Waals surface area contributed by atoms with Gasteiger partial charge in [0.05, 0.1) is 30.5 Å². The third-order valence-corrected chi connectivity index (χ3v) is 2.46. The van der Waals surface area contributed by atoms with Crippen molar-refractivity contribution in [3.63, 3.8) is 0 Å². The molecule has 0 aliphatic heterocycles. The molecule has 1 rings (SSSR count). The molecule has 0 amide bonds. The van der Waals surface area contributed by atoms with E-state index in [9.17, 15) is 9.90 Å². The molecule has 0 aliphatic carbocycles. The number of hydrogen-bond donors (Lipinski definition) is 3. The SMILES string of the molecule is COC(=O)c1c(Cl)cccc1NCC(O)CO. The monoisotopic (exact) mass is 259 g/mol. The van der Waals surface area contributed by atoms with Crippen LogP contribution in [0.15, 0.2) is 18.2 Å². The molecule has 0 heterocycles. The van der Waals surface area contributed by atoms with Crippen molar-refractivity contribution in [1.82, 2.24) is 0 Å². The van der Waals surface area contributed by atoms with E-state index in [0.717, 1.165) is 0 Å². The van der Waals surface area contributed by atoms with Crippen molar-refractivity contribution >= 4 is 23.3 Å². The molecule has 1 aromatic rings. The van der Waals surface area contributed by atoms with Gasteiger partial charge in [0.2, 0.25) is 0 Å². The molecule has 6 heteroatoms. The van der Waals surface area contributed by atoms with Gasteiger partial charge in [-0.15, -0.1) is 0 Å². The molecule has 3 N–H and O–H groups in total. The summed E-state index contributed by atoms with van der Waals surface area (Å²) in [6, 6.07) is 4.88. The molecule has 1 aromatic carbocycles. The van der Waals surface area contributed by atoms with Crippen LogP contribution in [-0.2, 0) is 4.74 Å². The average Bonchev–Trinajstić information content (AvgIpc) is 2.35. The third-order valence-electron chi connectivity index (χ3n) is 2.14. The zero-order valence-corrected chi connectivity index (χ0v) is 10.1. The van der Waals surface area contributed by atoms with Crippen molar-refractivity contribution < 1.29 is 19.7 Å². The molecule has 0 spiro atoms. The molecule has 0 saturated carbocycles. The number of halogens is 1. The largest absolute Gasteiger partial charge is 0.465 e. The third kappa shape index (κ3) is 3.59. The molecule has 1 unspecified atom stereocenters. The molecule has 0 bridgehead atoms. The van der Waals surface area contributed by atoms with E-state index in [-0.39, 0.29) is 23.7 Å². The molecular weight excluding hydrogens is 246 g/mol. The van der Waals surface area contributed by atoms with Gasteiger partial charge < -0.3 is 20.3 Å². The summed E-state index contributed by atoms with van der Waals surface area (Å²) in [5.41, 5.74) is 0.665. The Bertz CT molecular complexity index is 397. The lowest BCUT2D eigenvalue weighted by Gasteiger charge is -2.14. The lowest BCUT2D eigenvalue weighted by molar-refractivity contribution is 0.0601. The predicted octanol–water partition coefficient (Wildman–Crippen LogP) is 0.892. The van der Waals surface area contributed by atoms with Crippen molar-refractivity contribution in [2.24, 2.45) is 0 Å². The Hall–Kier alpha value is -1.30. The van der Waals surface area contributed by atoms with Gasteiger partial charge in [-0.1, -0.05) is 17.7 Å². The van der Waals surface area contributed by atoms with Crippen LogP contribution < -0.4 is 5.32 Å². The highest BCUT2D eigenvalue weighted by atomic mass is 35.5. The van der Waals surface area contributed by atoms with E-state index in [2.05, 4.69) is 10.1 Å². The Morgan fingerprint density at radius 1 is 1.59 bits per heavy atom. The number of esters is 1. The lowest BCUT2D eigenvalue weighted by Crippen LogP contribution is -2.24. The lowest BCUT2D eigenvalue weighted by atomic mass is 10.1. The van der Waals surface area contributed by atoms with Crippen LogP contribution in [0.1, 0.15) is 10.4 Å². The minimum absolute atomic E-state index is 0.112. The minimum Gasteiger partial charge on any atom is -0.465 e. The number of carbonyl (C=O) groups is 1. The predicted molar refractivity (Wildman–Crippen MR) is 64.4 cm³/mol. The minimum atomic E-state index is -0.903. The van der Waals surface area contributed by atoms with Crippen LogP contribution in [0.3, 0.4) is 0 Å². The summed E-state index contributed by atoms with van der Waals surface area (Å²) in [6.07, 6.45) is -0.903. The van der Waals surface area contributed by atoms with Gasteiger partial charge in [0.1, 0.15) is 5.56 Å². The number of carbonyl (C=O) groups excluding carboxylic acids is 1. The van der Waals surface area contributed by atoms with Crippen molar-refractivity contribution in [3.05, 3.63) is 28.8 Å². The molecule has 0 aromatic heterocycles. The Kier molecular flexibility index (Phi) is 5.21. The Labute approximate surface area is 104 Å². The van der Waals surface area contributed by atoms with Crippen LogP contribution in [-0.4, -0.2) is 42.5 Å². The second-order valence-corrected chi connectivity index (χ2v) is 3.78. The number of ether oxygens (including phenoxy) is 1. The standard InChI is InChI=1S/C11H14ClNO4/c1-17-11(16)10-8(12)3-2-4-9(10)13-5-7(15)6-14/h2-4,7,13-15H,5-6H2,1H3. The molecule has 0 fully saturated rings. The summed E-state index contributed by atoms with van der Waals surface area (Å²) in [6.45, 7) is -0.248. The summed E-state index contributed by atoms with van der Waals surface area (Å²) < 4.78 is 4.62. The molecule has 5 nitrogen and oxygen atoms in total. The maximum absolute atomic E-state index is 11.5. The molecule has 0 radical (unpaired) electrons. The smallest absolute Gasteiger partial charge is 0.341 e. The van der Waals surface area contributed by atoms with E-state index < -0.39 is 12.1 Å². The maximum atomic E-state index is 11.5. The van der Waals surface area contributed by atoms with Gasteiger partial charge in [-0.3, -0.25) is 0 Å². The van der Waals surface area contributed by atoms with Gasteiger partial charge in [-0.05, 0) is 12.1 Å². The zero-order valence-electron chi connectivity index (χ0n) is 9.31. The number of aliphatic hydroxyl groups is 2. The number of benzene rings is 1. The first kappa shape index (κ1) is 13.8. The van der Waals surface area contributed by atoms with Gasteiger partial charge in [0, 0.05) is 6.54 Å². The molecule has 0 saturated heterocycles. The topological polar surface area (TPSA) is 78.8 Å². The highest BCUT2D eigenvalue weighted by Gasteiger charge is 2.16. The van der Waals surface area contributed by atoms with Crippen LogP contribution in [0.25, 0.3) is 0 Å². The summed E-state index contributed by atoms with van der Waals surface area (Å²) in [7, 11) is 1.26. The van der Waals surface area contributed by atoms with Crippen LogP contribution in [0.5, 0.6) is 0 Å². The van der Waals surface area contributed by atoms with Gasteiger partial charge in [-0.25, -0.2) is 4.79 Å². The fourth-order valence-electron chi connectivity index (χ4n) is 1.27. The molecule has 1 atom stereocenters. The number of methoxy groups -OCH3 is 1. The quantitative estimate of drug-likeness (QED) is 0.685. The molecule has 94 valence electrons. The van der Waals surface area contributed by atoms with E-state index in [4.69, 9.17) is 16.7 Å². The summed E-state index contributed by atoms with van der Waals surface area (Å²) >= 11 is 5.90. The van der Waals surface area contributed by atoms with Crippen LogP contribution in [0.4, 0.5) is 5.69 Å². The van der Waals surface area contributed by atoms with Crippen LogP contribution in [0.2, 0.25) is 5.02 Å². The second kappa shape index (κ2) is 6.44. The van der Waals surface area contributed by atoms with Crippen LogP contribution in [0, 0.1) is 0 Å². The van der Waals surface area contributed by atoms with Crippen LogP contribution >= 0.6 is 11.6 Å². The Balaban J connectivity index is 2.91. The van der Waals surface area contributed by atoms with Crippen molar-refractivity contribution in [2.75, 3.05) is 25.6 Å². The highest BCUT2D eigenvalue weighted by molar-refractivity contribution is 6.34. The van der Waals surface area contributed by atoms with Crippen molar-refractivity contribution in [2.45, 2.75) is 6.10 Å². The normalized spacial score (nSPS) is 12.0. The number of hydrogen-bond acceptors (Lipinski definition) is 5. The van der Waals surface area contributed by atoms with Gasteiger partial charge in [0.15, 0.2) is 0 Å². The highest BCUT2D eigenvalue weighted by Crippen LogP contribution is 2.25. The first-order chi connectivity index (χ1) is 8.10. The van der Waals surface area contributed by atoms with E-state index in [1.807, 2.05) is 0 Å². The maximum Gasteiger partial charge on any atom is 0.341 e. The van der Waals surface area contributed by atoms with Crippen molar-refractivity contribution in [1.29, 1.82) is 0 Å². The Morgan fingerprint density at radius 2 is 2.29 bits per heavy atom. The second-order valence-electron chi connectivity index (χ2n) is 3.37. The number of anilines is 1. The summed E-state index contributed by atoms with van der Waals surface area (Å²) in [5, 5.41) is 21.0. The van der Waals surface area contributed by atoms with E-state index in [0.29, 0.717) is 5.69 Å². The van der Waals surface area contributed by atoms with E-state index in [1.54, 1.807) is 18.2 Å². The average molecular weight is 260 g/mol. The summed E-state index contributed by atoms with van der Waals surface area (Å²) in [4.78, 5) is 11.5. The Morgan fingerprint density at radius 3 is 2.88 bits per heavy atom. The van der Waals surface area contributed by atoms with Gasteiger partial charge >= 0.3 is 5.97 Å². The molecule has 0 aliphatic rings. The molecule has 17 heavy (non-hydrogen) atoms. The van der Waals surface area contributed by atoms with Gasteiger partial charge in [-0.2, -0.15) is 0 Å². The first-order valence-electron chi connectivity index (χ1n) is 4.99. The van der Waals surface area contributed by atoms with Gasteiger partial charge in [0.25, 0.3) is 0 Å². The number of aliphatic hydroxyl groups excluding tert-OH is 2. The van der Waals surface area contributed by atoms with E-state index in [1.165, 1.54) is 7.11 Å². The number of rotatable bonds is 5. The number of nitrogens with one attached hydrogen (secondary N) is 1. The zero-order chi connectivity index (χ0) is 12.8. The molecular formula is C11H14ClNO4. The van der Waals surface area contributed by atoms with E-state index >= 15 is 0 Å². The fraction of sp³-hybridized carbons (Fsp3) is 0.364. The first-order valence-corrected chi connectivity index (χ1v) is 5.37.